The molecule has 26 heavy (non-hydrogen) atoms. The molecule has 0 aliphatic carbocycles. The number of hydrogen-bond acceptors (Lipinski definition) is 4. The molecule has 5 heteroatoms. The first kappa shape index (κ1) is 18.1. The van der Waals surface area contributed by atoms with Gasteiger partial charge in [-0.2, -0.15) is 0 Å². The Bertz CT molecular complexity index is 968. The van der Waals surface area contributed by atoms with Crippen molar-refractivity contribution in [3.8, 4) is 0 Å². The first-order chi connectivity index (χ1) is 12.6. The Hall–Kier alpha value is -2.69. The van der Waals surface area contributed by atoms with E-state index in [1.54, 1.807) is 41.7 Å². The maximum absolute atomic E-state index is 12.0. The van der Waals surface area contributed by atoms with Crippen LogP contribution in [0, 0.1) is 0 Å². The maximum atomic E-state index is 12.0. The van der Waals surface area contributed by atoms with Gasteiger partial charge in [0, 0.05) is 21.2 Å². The number of ketones is 1. The summed E-state index contributed by atoms with van der Waals surface area (Å²) >= 11 is 7.62. The molecule has 0 aliphatic rings. The topological polar surface area (TPSA) is 43.4 Å². The van der Waals surface area contributed by atoms with Gasteiger partial charge in [-0.05, 0) is 47.9 Å². The second-order valence-corrected chi connectivity index (χ2v) is 6.92. The van der Waals surface area contributed by atoms with E-state index < -0.39 is 5.97 Å². The van der Waals surface area contributed by atoms with E-state index in [1.807, 2.05) is 18.2 Å². The summed E-state index contributed by atoms with van der Waals surface area (Å²) < 4.78 is 6.27. The van der Waals surface area contributed by atoms with E-state index in [4.69, 9.17) is 16.3 Å². The summed E-state index contributed by atoms with van der Waals surface area (Å²) in [4.78, 5) is 24.8. The van der Waals surface area contributed by atoms with Gasteiger partial charge in [-0.25, -0.2) is 4.79 Å². The Kier molecular flexibility index (Phi) is 6.00. The molecule has 1 heterocycles. The quantitative estimate of drug-likeness (QED) is 0.319. The number of ether oxygens (including phenoxy) is 1. The van der Waals surface area contributed by atoms with E-state index in [2.05, 4.69) is 18.2 Å². The number of carbonyl (C=O) groups excluding carboxylic acids is 2. The molecule has 0 spiro atoms. The lowest BCUT2D eigenvalue weighted by Crippen LogP contribution is -2.02. The van der Waals surface area contributed by atoms with Gasteiger partial charge < -0.3 is 4.74 Å². The lowest BCUT2D eigenvalue weighted by molar-refractivity contribution is -0.136. The third-order valence-corrected chi connectivity index (χ3v) is 4.97. The smallest absolute Gasteiger partial charge is 0.331 e. The molecule has 0 fully saturated rings. The molecule has 0 atom stereocenters. The summed E-state index contributed by atoms with van der Waals surface area (Å²) in [6.45, 7) is 0.137. The minimum absolute atomic E-state index is 0.137. The van der Waals surface area contributed by atoms with Crippen LogP contribution in [0.15, 0.2) is 72.8 Å². The summed E-state index contributed by atoms with van der Waals surface area (Å²) in [5, 5.41) is 1.54. The van der Waals surface area contributed by atoms with Gasteiger partial charge in [0.05, 0.1) is 5.02 Å². The fourth-order valence-electron chi connectivity index (χ4n) is 2.32. The van der Waals surface area contributed by atoms with Crippen LogP contribution in [0.1, 0.15) is 15.2 Å². The molecule has 3 nitrogen and oxygen atoms in total. The van der Waals surface area contributed by atoms with Crippen LogP contribution in [0.2, 0.25) is 5.02 Å². The van der Waals surface area contributed by atoms with Crippen molar-refractivity contribution >= 4 is 50.9 Å². The number of halogens is 1. The van der Waals surface area contributed by atoms with Gasteiger partial charge in [0.1, 0.15) is 6.61 Å². The Morgan fingerprint density at radius 1 is 1.04 bits per heavy atom. The molecular weight excluding hydrogens is 368 g/mol. The third-order valence-electron chi connectivity index (χ3n) is 3.56. The number of esters is 1. The minimum Gasteiger partial charge on any atom is -0.458 e. The highest BCUT2D eigenvalue weighted by Crippen LogP contribution is 2.26. The predicted molar refractivity (Wildman–Crippen MR) is 107 cm³/mol. The van der Waals surface area contributed by atoms with Crippen molar-refractivity contribution in [1.82, 2.24) is 0 Å². The Labute approximate surface area is 160 Å². The number of thiophene rings is 1. The van der Waals surface area contributed by atoms with Crippen LogP contribution in [-0.2, 0) is 9.53 Å². The highest BCUT2D eigenvalue weighted by atomic mass is 35.5. The van der Waals surface area contributed by atoms with E-state index in [9.17, 15) is 9.59 Å². The van der Waals surface area contributed by atoms with Crippen LogP contribution < -0.4 is 0 Å². The lowest BCUT2D eigenvalue weighted by Gasteiger charge is -1.99. The summed E-state index contributed by atoms with van der Waals surface area (Å²) in [7, 11) is 0. The monoisotopic (exact) mass is 382 g/mol. The maximum Gasteiger partial charge on any atom is 0.331 e. The largest absolute Gasteiger partial charge is 0.458 e. The van der Waals surface area contributed by atoms with Crippen molar-refractivity contribution in [2.75, 3.05) is 6.61 Å². The number of rotatable bonds is 6. The van der Waals surface area contributed by atoms with Crippen LogP contribution in [0.5, 0.6) is 0 Å². The average Bonchev–Trinajstić information content (AvgIpc) is 3.06. The van der Waals surface area contributed by atoms with E-state index in [0.29, 0.717) is 10.6 Å². The van der Waals surface area contributed by atoms with Crippen LogP contribution in [0.4, 0.5) is 0 Å². The van der Waals surface area contributed by atoms with E-state index in [-0.39, 0.29) is 12.4 Å². The fourth-order valence-corrected chi connectivity index (χ4v) is 3.55. The molecule has 0 unspecified atom stereocenters. The number of fused-ring (bicyclic) bond motifs is 1. The molecule has 2 aromatic carbocycles. The standard InChI is InChI=1S/C21H15ClO3S/c22-18-9-3-2-8-17(18)19(23)11-12-21(24)25-13-5-7-16-14-15-6-1-4-10-20(15)26-16/h1-12,14H,13H2/b7-5+,12-11+. The van der Waals surface area contributed by atoms with Crippen LogP contribution in [0.3, 0.4) is 0 Å². The first-order valence-electron chi connectivity index (χ1n) is 7.92. The van der Waals surface area contributed by atoms with Gasteiger partial charge in [0.2, 0.25) is 0 Å². The van der Waals surface area contributed by atoms with Crippen LogP contribution in [0.25, 0.3) is 16.2 Å². The molecule has 0 bridgehead atoms. The van der Waals surface area contributed by atoms with Gasteiger partial charge in [0.15, 0.2) is 5.78 Å². The minimum atomic E-state index is -0.577. The molecular formula is C21H15ClO3S. The Balaban J connectivity index is 1.50. The number of benzene rings is 2. The fraction of sp³-hybridized carbons (Fsp3) is 0.0476. The molecule has 0 amide bonds. The molecule has 130 valence electrons. The highest BCUT2D eigenvalue weighted by molar-refractivity contribution is 7.19. The highest BCUT2D eigenvalue weighted by Gasteiger charge is 2.06. The van der Waals surface area contributed by atoms with Crippen molar-refractivity contribution in [2.24, 2.45) is 0 Å². The lowest BCUT2D eigenvalue weighted by atomic mass is 10.1. The summed E-state index contributed by atoms with van der Waals surface area (Å²) in [6.07, 6.45) is 5.96. The summed E-state index contributed by atoms with van der Waals surface area (Å²) in [6, 6.07) is 16.9. The molecule has 3 rings (SSSR count). The molecule has 1 aromatic heterocycles. The molecule has 0 saturated heterocycles. The van der Waals surface area contributed by atoms with Crippen molar-refractivity contribution < 1.29 is 14.3 Å². The Morgan fingerprint density at radius 3 is 2.62 bits per heavy atom. The summed E-state index contributed by atoms with van der Waals surface area (Å²) in [5.74, 6) is -0.917. The number of hydrogen-bond donors (Lipinski definition) is 0. The van der Waals surface area contributed by atoms with Gasteiger partial charge in [-0.3, -0.25) is 4.79 Å². The zero-order chi connectivity index (χ0) is 18.4. The van der Waals surface area contributed by atoms with Gasteiger partial charge in [0.25, 0.3) is 0 Å². The van der Waals surface area contributed by atoms with Crippen molar-refractivity contribution in [1.29, 1.82) is 0 Å². The van der Waals surface area contributed by atoms with E-state index in [0.717, 1.165) is 11.0 Å². The van der Waals surface area contributed by atoms with Crippen LogP contribution in [-0.4, -0.2) is 18.4 Å². The predicted octanol–water partition coefficient (Wildman–Crippen LogP) is 5.55. The summed E-state index contributed by atoms with van der Waals surface area (Å²) in [5.41, 5.74) is 0.350. The van der Waals surface area contributed by atoms with E-state index in [1.165, 1.54) is 16.2 Å². The van der Waals surface area contributed by atoms with Crippen LogP contribution >= 0.6 is 22.9 Å². The molecule has 0 N–H and O–H groups in total. The molecule has 3 aromatic rings. The van der Waals surface area contributed by atoms with Gasteiger partial charge in [-0.15, -0.1) is 11.3 Å². The number of allylic oxidation sites excluding steroid dienone is 1. The molecule has 0 radical (unpaired) electrons. The van der Waals surface area contributed by atoms with Crippen molar-refractivity contribution in [2.45, 2.75) is 0 Å². The van der Waals surface area contributed by atoms with Crippen molar-refractivity contribution in [3.63, 3.8) is 0 Å². The second-order valence-electron chi connectivity index (χ2n) is 5.40. The SMILES string of the molecule is O=C(/C=C/C(=O)c1ccccc1Cl)OC/C=C/c1cc2ccccc2s1. The van der Waals surface area contributed by atoms with Gasteiger partial charge >= 0.3 is 5.97 Å². The second kappa shape index (κ2) is 8.61. The number of carbonyl (C=O) groups is 2. The zero-order valence-electron chi connectivity index (χ0n) is 13.7. The zero-order valence-corrected chi connectivity index (χ0v) is 15.3. The normalized spacial score (nSPS) is 11.4. The Morgan fingerprint density at radius 2 is 1.81 bits per heavy atom. The van der Waals surface area contributed by atoms with Gasteiger partial charge in [-0.1, -0.05) is 41.9 Å². The first-order valence-corrected chi connectivity index (χ1v) is 9.12. The van der Waals surface area contributed by atoms with Crippen molar-refractivity contribution in [3.05, 3.63) is 88.3 Å². The molecule has 0 saturated carbocycles. The molecule has 0 aliphatic heterocycles. The van der Waals surface area contributed by atoms with E-state index >= 15 is 0 Å². The third kappa shape index (κ3) is 4.69. The average molecular weight is 383 g/mol.